The van der Waals surface area contributed by atoms with Crippen molar-refractivity contribution in [1.29, 1.82) is 0 Å². The van der Waals surface area contributed by atoms with Crippen molar-refractivity contribution in [3.8, 4) is 22.7 Å². The molecule has 0 amide bonds. The van der Waals surface area contributed by atoms with Crippen molar-refractivity contribution in [3.63, 3.8) is 0 Å². The normalized spacial score (nSPS) is 10.8. The molecule has 0 aliphatic rings. The average molecular weight is 362 g/mol. The number of thioether (sulfide) groups is 1. The molecular formula is C16H12ClN3O3S. The van der Waals surface area contributed by atoms with E-state index < -0.39 is 5.97 Å². The number of aliphatic carboxylic acids is 1. The van der Waals surface area contributed by atoms with Crippen molar-refractivity contribution >= 4 is 29.3 Å². The van der Waals surface area contributed by atoms with Gasteiger partial charge in [-0.3, -0.25) is 9.78 Å². The second-order valence-electron chi connectivity index (χ2n) is 4.89. The minimum absolute atomic E-state index is 0.131. The van der Waals surface area contributed by atoms with Gasteiger partial charge in [-0.1, -0.05) is 35.5 Å². The molecule has 8 heteroatoms. The molecule has 0 aliphatic heterocycles. The van der Waals surface area contributed by atoms with Gasteiger partial charge in [-0.05, 0) is 31.2 Å². The molecular weight excluding hydrogens is 350 g/mol. The third-order valence-electron chi connectivity index (χ3n) is 3.18. The van der Waals surface area contributed by atoms with E-state index in [1.165, 1.54) is 0 Å². The molecule has 0 atom stereocenters. The van der Waals surface area contributed by atoms with Crippen LogP contribution in [-0.4, -0.2) is 32.0 Å². The van der Waals surface area contributed by atoms with E-state index in [1.54, 1.807) is 0 Å². The van der Waals surface area contributed by atoms with Crippen LogP contribution in [0.3, 0.4) is 0 Å². The first-order valence-corrected chi connectivity index (χ1v) is 8.31. The first-order chi connectivity index (χ1) is 11.5. The lowest BCUT2D eigenvalue weighted by molar-refractivity contribution is -0.133. The molecule has 3 rings (SSSR count). The summed E-state index contributed by atoms with van der Waals surface area (Å²) in [5, 5.41) is 17.3. The highest BCUT2D eigenvalue weighted by Crippen LogP contribution is 2.27. The number of carboxylic acid groups (broad SMARTS) is 1. The van der Waals surface area contributed by atoms with E-state index in [0.717, 1.165) is 28.7 Å². The van der Waals surface area contributed by atoms with E-state index in [4.69, 9.17) is 21.1 Å². The topological polar surface area (TPSA) is 89.1 Å². The maximum Gasteiger partial charge on any atom is 0.314 e. The molecule has 1 aromatic carbocycles. The van der Waals surface area contributed by atoms with E-state index in [2.05, 4.69) is 15.2 Å². The van der Waals surface area contributed by atoms with Crippen LogP contribution in [-0.2, 0) is 4.79 Å². The molecule has 0 unspecified atom stereocenters. The molecule has 0 aliphatic carbocycles. The Bertz CT molecular complexity index is 881. The molecule has 0 saturated heterocycles. The summed E-state index contributed by atoms with van der Waals surface area (Å²) in [5.74, 6) is -0.755. The molecule has 122 valence electrons. The zero-order valence-electron chi connectivity index (χ0n) is 12.6. The van der Waals surface area contributed by atoms with Crippen LogP contribution < -0.4 is 0 Å². The summed E-state index contributed by atoms with van der Waals surface area (Å²) < 4.78 is 5.48. The molecule has 2 heterocycles. The molecule has 24 heavy (non-hydrogen) atoms. The fraction of sp³-hybridized carbons (Fsp3) is 0.125. The fourth-order valence-electron chi connectivity index (χ4n) is 2.07. The fourth-order valence-corrected chi connectivity index (χ4v) is 2.68. The van der Waals surface area contributed by atoms with E-state index >= 15 is 0 Å². The molecule has 2 aromatic heterocycles. The van der Waals surface area contributed by atoms with Crippen LogP contribution in [0.15, 0.2) is 46.0 Å². The lowest BCUT2D eigenvalue weighted by Crippen LogP contribution is -1.97. The van der Waals surface area contributed by atoms with E-state index in [9.17, 15) is 4.79 Å². The highest BCUT2D eigenvalue weighted by molar-refractivity contribution is 7.99. The van der Waals surface area contributed by atoms with Crippen LogP contribution in [0.5, 0.6) is 0 Å². The van der Waals surface area contributed by atoms with Gasteiger partial charge in [0, 0.05) is 10.6 Å². The lowest BCUT2D eigenvalue weighted by Gasteiger charge is -2.05. The number of hydrogen-bond acceptors (Lipinski definition) is 6. The number of pyridine rings is 1. The number of carboxylic acids is 1. The van der Waals surface area contributed by atoms with E-state index in [0.29, 0.717) is 16.5 Å². The van der Waals surface area contributed by atoms with Gasteiger partial charge in [0.15, 0.2) is 0 Å². The highest BCUT2D eigenvalue weighted by Gasteiger charge is 2.14. The van der Waals surface area contributed by atoms with Crippen LogP contribution >= 0.6 is 23.4 Å². The Balaban J connectivity index is 1.85. The van der Waals surface area contributed by atoms with E-state index in [1.807, 2.05) is 43.3 Å². The number of hydrogen-bond donors (Lipinski definition) is 1. The third kappa shape index (κ3) is 3.74. The minimum Gasteiger partial charge on any atom is -0.481 e. The Labute approximate surface area is 146 Å². The Morgan fingerprint density at radius 2 is 1.96 bits per heavy atom. The first kappa shape index (κ1) is 16.5. The van der Waals surface area contributed by atoms with Crippen LogP contribution in [0.1, 0.15) is 5.69 Å². The molecule has 3 aromatic rings. The average Bonchev–Trinajstić information content (AvgIpc) is 3.02. The molecule has 0 bridgehead atoms. The van der Waals surface area contributed by atoms with Gasteiger partial charge in [-0.2, -0.15) is 0 Å². The number of benzene rings is 1. The summed E-state index contributed by atoms with van der Waals surface area (Å²) in [7, 11) is 0. The summed E-state index contributed by atoms with van der Waals surface area (Å²) >= 11 is 6.87. The van der Waals surface area contributed by atoms with Crippen molar-refractivity contribution in [2.45, 2.75) is 12.1 Å². The Kier molecular flexibility index (Phi) is 4.82. The predicted octanol–water partition coefficient (Wildman–Crippen LogP) is 3.94. The van der Waals surface area contributed by atoms with Gasteiger partial charge in [-0.25, -0.2) is 0 Å². The maximum absolute atomic E-state index is 10.6. The van der Waals surface area contributed by atoms with Crippen molar-refractivity contribution in [1.82, 2.24) is 15.2 Å². The Morgan fingerprint density at radius 3 is 2.62 bits per heavy atom. The largest absolute Gasteiger partial charge is 0.481 e. The smallest absolute Gasteiger partial charge is 0.314 e. The second-order valence-corrected chi connectivity index (χ2v) is 6.25. The Hall–Kier alpha value is -2.38. The SMILES string of the molecule is Cc1nc(-c2ccc(Cl)cc2)ccc1-c1nnc(SCC(=O)O)o1. The predicted molar refractivity (Wildman–Crippen MR) is 91.1 cm³/mol. The van der Waals surface area contributed by atoms with Crippen LogP contribution in [0.4, 0.5) is 0 Å². The number of aryl methyl sites for hydroxylation is 1. The van der Waals surface area contributed by atoms with E-state index in [-0.39, 0.29) is 11.0 Å². The molecule has 0 spiro atoms. The third-order valence-corrected chi connectivity index (χ3v) is 4.24. The zero-order chi connectivity index (χ0) is 17.1. The van der Waals surface area contributed by atoms with Crippen molar-refractivity contribution in [2.24, 2.45) is 0 Å². The minimum atomic E-state index is -0.940. The van der Waals surface area contributed by atoms with Gasteiger partial charge < -0.3 is 9.52 Å². The van der Waals surface area contributed by atoms with Crippen molar-refractivity contribution in [3.05, 3.63) is 47.1 Å². The summed E-state index contributed by atoms with van der Waals surface area (Å²) in [6.07, 6.45) is 0. The van der Waals surface area contributed by atoms with Gasteiger partial charge in [0.1, 0.15) is 5.75 Å². The summed E-state index contributed by atoms with van der Waals surface area (Å²) in [5.41, 5.74) is 3.22. The summed E-state index contributed by atoms with van der Waals surface area (Å²) in [6, 6.07) is 11.1. The summed E-state index contributed by atoms with van der Waals surface area (Å²) in [6.45, 7) is 1.85. The van der Waals surface area contributed by atoms with Gasteiger partial charge in [-0.15, -0.1) is 10.2 Å². The maximum atomic E-state index is 10.6. The van der Waals surface area contributed by atoms with Gasteiger partial charge in [0.05, 0.1) is 17.0 Å². The van der Waals surface area contributed by atoms with Crippen molar-refractivity contribution in [2.75, 3.05) is 5.75 Å². The van der Waals surface area contributed by atoms with Crippen LogP contribution in [0.2, 0.25) is 5.02 Å². The Morgan fingerprint density at radius 1 is 1.21 bits per heavy atom. The van der Waals surface area contributed by atoms with Crippen LogP contribution in [0, 0.1) is 6.92 Å². The van der Waals surface area contributed by atoms with Gasteiger partial charge in [0.25, 0.3) is 11.1 Å². The molecule has 1 N–H and O–H groups in total. The number of carbonyl (C=O) groups is 1. The van der Waals surface area contributed by atoms with Crippen LogP contribution in [0.25, 0.3) is 22.7 Å². The monoisotopic (exact) mass is 361 g/mol. The number of nitrogens with zero attached hydrogens (tertiary/aromatic N) is 3. The number of rotatable bonds is 5. The lowest BCUT2D eigenvalue weighted by atomic mass is 10.1. The molecule has 0 saturated carbocycles. The van der Waals surface area contributed by atoms with Gasteiger partial charge in [0.2, 0.25) is 0 Å². The van der Waals surface area contributed by atoms with Crippen molar-refractivity contribution < 1.29 is 14.3 Å². The number of aromatic nitrogens is 3. The second kappa shape index (κ2) is 7.02. The molecule has 0 fully saturated rings. The quantitative estimate of drug-likeness (QED) is 0.688. The zero-order valence-corrected chi connectivity index (χ0v) is 14.1. The molecule has 6 nitrogen and oxygen atoms in total. The van der Waals surface area contributed by atoms with Gasteiger partial charge >= 0.3 is 5.97 Å². The molecule has 0 radical (unpaired) electrons. The standard InChI is InChI=1S/C16H12ClN3O3S/c1-9-12(15-19-20-16(23-15)24-8-14(21)22)6-7-13(18-9)10-2-4-11(17)5-3-10/h2-7H,8H2,1H3,(H,21,22). The first-order valence-electron chi connectivity index (χ1n) is 6.95. The highest BCUT2D eigenvalue weighted by atomic mass is 35.5. The number of halogens is 1. The summed E-state index contributed by atoms with van der Waals surface area (Å²) in [4.78, 5) is 15.1.